The number of rotatable bonds is 7. The average Bonchev–Trinajstić information content (AvgIpc) is 2.54. The number of nitrogens with zero attached hydrogens (tertiary/aromatic N) is 1. The second kappa shape index (κ2) is 10.1. The third-order valence-corrected chi connectivity index (χ3v) is 3.78. The summed E-state index contributed by atoms with van der Waals surface area (Å²) in [6.07, 6.45) is 0. The van der Waals surface area contributed by atoms with E-state index in [0.29, 0.717) is 24.9 Å². The Morgan fingerprint density at radius 3 is 2.71 bits per heavy atom. The van der Waals surface area contributed by atoms with Crippen LogP contribution < -0.4 is 21.1 Å². The van der Waals surface area contributed by atoms with Crippen LogP contribution in [0.4, 0.5) is 0 Å². The average molecular weight is 357 g/mol. The zero-order valence-electron chi connectivity index (χ0n) is 13.8. The first-order valence-electron chi connectivity index (χ1n) is 7.76. The summed E-state index contributed by atoms with van der Waals surface area (Å²) in [6.45, 7) is 5.59. The highest BCUT2D eigenvalue weighted by molar-refractivity contribution is 5.85. The summed E-state index contributed by atoms with van der Waals surface area (Å²) in [5.74, 6) is 0.0878. The Hall–Kier alpha value is -1.83. The van der Waals surface area contributed by atoms with E-state index in [1.54, 1.807) is 12.1 Å². The summed E-state index contributed by atoms with van der Waals surface area (Å²) in [5.41, 5.74) is 5.99. The van der Waals surface area contributed by atoms with Crippen molar-refractivity contribution in [2.24, 2.45) is 5.73 Å². The number of hydrogen-bond acceptors (Lipinski definition) is 5. The molecular weight excluding hydrogens is 332 g/mol. The van der Waals surface area contributed by atoms with Crippen LogP contribution in [-0.4, -0.2) is 55.5 Å². The molecule has 1 fully saturated rings. The quantitative estimate of drug-likeness (QED) is 0.633. The van der Waals surface area contributed by atoms with E-state index in [0.717, 1.165) is 25.2 Å². The Bertz CT molecular complexity index is 539. The van der Waals surface area contributed by atoms with Gasteiger partial charge in [0.1, 0.15) is 5.75 Å². The summed E-state index contributed by atoms with van der Waals surface area (Å²) < 4.78 is 5.19. The molecule has 2 amide bonds. The fraction of sp³-hybridized carbons (Fsp3) is 0.500. The molecule has 0 unspecified atom stereocenters. The number of carbonyl (C=O) groups excluding carboxylic acids is 2. The number of benzene rings is 1. The van der Waals surface area contributed by atoms with Crippen molar-refractivity contribution in [1.29, 1.82) is 0 Å². The molecule has 1 saturated heterocycles. The predicted molar refractivity (Wildman–Crippen MR) is 94.1 cm³/mol. The molecule has 1 aromatic rings. The Morgan fingerprint density at radius 1 is 1.38 bits per heavy atom. The van der Waals surface area contributed by atoms with Crippen LogP contribution in [0.1, 0.15) is 12.5 Å². The van der Waals surface area contributed by atoms with Crippen LogP contribution in [0.5, 0.6) is 5.75 Å². The number of ether oxygens (including phenoxy) is 1. The number of nitrogens with two attached hydrogens (primary N) is 1. The Kier molecular flexibility index (Phi) is 8.53. The number of piperazine rings is 1. The maximum absolute atomic E-state index is 12.0. The van der Waals surface area contributed by atoms with Crippen LogP contribution in [0.25, 0.3) is 0 Å². The van der Waals surface area contributed by atoms with Crippen molar-refractivity contribution in [2.45, 2.75) is 19.5 Å². The van der Waals surface area contributed by atoms with E-state index in [1.807, 2.05) is 12.1 Å². The van der Waals surface area contributed by atoms with Crippen LogP contribution in [0.2, 0.25) is 0 Å². The summed E-state index contributed by atoms with van der Waals surface area (Å²) in [6, 6.07) is 7.58. The number of carbonyl (C=O) groups is 2. The Labute approximate surface area is 148 Å². The van der Waals surface area contributed by atoms with Crippen LogP contribution >= 0.6 is 12.4 Å². The van der Waals surface area contributed by atoms with Gasteiger partial charge in [0.15, 0.2) is 6.61 Å². The summed E-state index contributed by atoms with van der Waals surface area (Å²) in [7, 11) is 0. The second-order valence-electron chi connectivity index (χ2n) is 5.70. The maximum atomic E-state index is 12.0. The van der Waals surface area contributed by atoms with Gasteiger partial charge in [0.25, 0.3) is 5.91 Å². The van der Waals surface area contributed by atoms with Crippen molar-refractivity contribution >= 4 is 24.2 Å². The van der Waals surface area contributed by atoms with Gasteiger partial charge in [-0.3, -0.25) is 14.5 Å². The van der Waals surface area contributed by atoms with Gasteiger partial charge in [-0.05, 0) is 24.6 Å². The number of nitrogens with one attached hydrogen (secondary N) is 2. The molecule has 2 rings (SSSR count). The van der Waals surface area contributed by atoms with Crippen LogP contribution in [0.3, 0.4) is 0 Å². The molecular formula is C16H25ClN4O3. The highest BCUT2D eigenvalue weighted by Gasteiger charge is 2.19. The molecule has 0 aliphatic carbocycles. The molecule has 0 bridgehead atoms. The monoisotopic (exact) mass is 356 g/mol. The zero-order chi connectivity index (χ0) is 16.7. The van der Waals surface area contributed by atoms with E-state index >= 15 is 0 Å². The van der Waals surface area contributed by atoms with E-state index < -0.39 is 5.91 Å². The molecule has 4 N–H and O–H groups in total. The van der Waals surface area contributed by atoms with Gasteiger partial charge in [0, 0.05) is 32.2 Å². The molecule has 1 aliphatic rings. The third-order valence-electron chi connectivity index (χ3n) is 3.78. The minimum atomic E-state index is -0.511. The number of halogens is 1. The maximum Gasteiger partial charge on any atom is 0.255 e. The minimum absolute atomic E-state index is 0. The topological polar surface area (TPSA) is 96.7 Å². The van der Waals surface area contributed by atoms with Gasteiger partial charge in [-0.2, -0.15) is 0 Å². The molecule has 0 saturated carbocycles. The Balaban J connectivity index is 0.00000288. The fourth-order valence-electron chi connectivity index (χ4n) is 2.42. The first-order chi connectivity index (χ1) is 11.0. The van der Waals surface area contributed by atoms with Crippen molar-refractivity contribution in [3.63, 3.8) is 0 Å². The molecule has 0 aromatic heterocycles. The third kappa shape index (κ3) is 6.74. The Morgan fingerprint density at radius 2 is 2.08 bits per heavy atom. The molecule has 24 heavy (non-hydrogen) atoms. The molecule has 134 valence electrons. The standard InChI is InChI=1S/C16H24N4O3.ClH/c1-12-8-18-6-7-20(12)10-16(22)19-9-13-2-4-14(5-3-13)23-11-15(17)21;/h2-5,12,18H,6-11H2,1H3,(H2,17,21)(H,19,22);1H/t12-;/m0./s1. The minimum Gasteiger partial charge on any atom is -0.484 e. The molecule has 1 aliphatic heterocycles. The second-order valence-corrected chi connectivity index (χ2v) is 5.70. The lowest BCUT2D eigenvalue weighted by Gasteiger charge is -2.33. The highest BCUT2D eigenvalue weighted by Crippen LogP contribution is 2.12. The highest BCUT2D eigenvalue weighted by atomic mass is 35.5. The van der Waals surface area contributed by atoms with E-state index in [9.17, 15) is 9.59 Å². The van der Waals surface area contributed by atoms with Crippen molar-refractivity contribution in [3.8, 4) is 5.75 Å². The first-order valence-corrected chi connectivity index (χ1v) is 7.76. The summed E-state index contributed by atoms with van der Waals surface area (Å²) in [5, 5.41) is 6.22. The predicted octanol–water partition coefficient (Wildman–Crippen LogP) is -0.118. The van der Waals surface area contributed by atoms with Gasteiger partial charge in [0.2, 0.25) is 5.91 Å². The smallest absolute Gasteiger partial charge is 0.255 e. The van der Waals surface area contributed by atoms with Gasteiger partial charge in [-0.15, -0.1) is 12.4 Å². The van der Waals surface area contributed by atoms with Gasteiger partial charge >= 0.3 is 0 Å². The van der Waals surface area contributed by atoms with Crippen LogP contribution in [-0.2, 0) is 16.1 Å². The molecule has 1 aromatic carbocycles. The molecule has 0 spiro atoms. The lowest BCUT2D eigenvalue weighted by molar-refractivity contribution is -0.123. The van der Waals surface area contributed by atoms with Crippen LogP contribution in [0, 0.1) is 0 Å². The fourth-order valence-corrected chi connectivity index (χ4v) is 2.42. The van der Waals surface area contributed by atoms with Gasteiger partial charge in [-0.25, -0.2) is 0 Å². The van der Waals surface area contributed by atoms with E-state index in [1.165, 1.54) is 0 Å². The van der Waals surface area contributed by atoms with Crippen molar-refractivity contribution in [1.82, 2.24) is 15.5 Å². The molecule has 0 radical (unpaired) electrons. The zero-order valence-corrected chi connectivity index (χ0v) is 14.6. The lowest BCUT2D eigenvalue weighted by Crippen LogP contribution is -2.52. The van der Waals surface area contributed by atoms with Crippen molar-refractivity contribution in [3.05, 3.63) is 29.8 Å². The van der Waals surface area contributed by atoms with E-state index in [4.69, 9.17) is 10.5 Å². The van der Waals surface area contributed by atoms with Gasteiger partial charge < -0.3 is 21.1 Å². The van der Waals surface area contributed by atoms with E-state index in [-0.39, 0.29) is 24.9 Å². The number of hydrogen-bond donors (Lipinski definition) is 3. The lowest BCUT2D eigenvalue weighted by atomic mass is 10.2. The SMILES string of the molecule is C[C@H]1CNCCN1CC(=O)NCc1ccc(OCC(N)=O)cc1.Cl. The van der Waals surface area contributed by atoms with Gasteiger partial charge in [0.05, 0.1) is 6.54 Å². The summed E-state index contributed by atoms with van der Waals surface area (Å²) in [4.78, 5) is 24.8. The largest absolute Gasteiger partial charge is 0.484 e. The number of amides is 2. The van der Waals surface area contributed by atoms with E-state index in [2.05, 4.69) is 22.5 Å². The van der Waals surface area contributed by atoms with Gasteiger partial charge in [-0.1, -0.05) is 12.1 Å². The van der Waals surface area contributed by atoms with Crippen LogP contribution in [0.15, 0.2) is 24.3 Å². The molecule has 7 nitrogen and oxygen atoms in total. The molecule has 8 heteroatoms. The normalized spacial score (nSPS) is 17.6. The first kappa shape index (κ1) is 20.2. The van der Waals surface area contributed by atoms with Crippen molar-refractivity contribution in [2.75, 3.05) is 32.8 Å². The molecule has 1 atom stereocenters. The summed E-state index contributed by atoms with van der Waals surface area (Å²) >= 11 is 0. The number of primary amides is 1. The molecule has 1 heterocycles. The van der Waals surface area contributed by atoms with Crippen molar-refractivity contribution < 1.29 is 14.3 Å².